The Hall–Kier alpha value is -4.33. The van der Waals surface area contributed by atoms with Gasteiger partial charge in [-0.25, -0.2) is 9.59 Å². The van der Waals surface area contributed by atoms with Crippen LogP contribution in [0.5, 0.6) is 5.75 Å². The number of rotatable bonds is 9. The van der Waals surface area contributed by atoms with E-state index in [1.54, 1.807) is 32.1 Å². The Labute approximate surface area is 449 Å². The van der Waals surface area contributed by atoms with Crippen molar-refractivity contribution in [3.05, 3.63) is 71.8 Å². The van der Waals surface area contributed by atoms with E-state index >= 15 is 0 Å². The zero-order chi connectivity index (χ0) is 55.6. The first kappa shape index (κ1) is 64.8. The smallest absolute Gasteiger partial charge is 0.409 e. The van der Waals surface area contributed by atoms with E-state index in [4.69, 9.17) is 36.0 Å². The molecule has 0 aromatic heterocycles. The number of aliphatic hydroxyl groups is 2. The lowest BCUT2D eigenvalue weighted by atomic mass is 9.73. The monoisotopic (exact) mass is 1080 g/mol. The average molecular weight is 1080 g/mol. The van der Waals surface area contributed by atoms with Crippen LogP contribution in [0.4, 0.5) is 10.5 Å². The van der Waals surface area contributed by atoms with Gasteiger partial charge >= 0.3 is 12.1 Å². The number of imide groups is 1. The van der Waals surface area contributed by atoms with Gasteiger partial charge in [-0.15, -0.1) is 13.2 Å². The highest BCUT2D eigenvalue weighted by molar-refractivity contribution is 7.82. The summed E-state index contributed by atoms with van der Waals surface area (Å²) in [4.78, 5) is 74.3. The van der Waals surface area contributed by atoms with Gasteiger partial charge in [0.25, 0.3) is 0 Å². The molecule has 0 radical (unpaired) electrons. The molecule has 1 saturated carbocycles. The lowest BCUT2D eigenvalue weighted by Gasteiger charge is -2.38. The fourth-order valence-corrected chi connectivity index (χ4v) is 9.61. The van der Waals surface area contributed by atoms with Gasteiger partial charge in [-0.2, -0.15) is 25.3 Å². The van der Waals surface area contributed by atoms with Crippen LogP contribution in [0.1, 0.15) is 125 Å². The van der Waals surface area contributed by atoms with E-state index in [9.17, 15) is 33.9 Å². The van der Waals surface area contributed by atoms with Gasteiger partial charge in [-0.05, 0) is 94.7 Å². The van der Waals surface area contributed by atoms with Crippen molar-refractivity contribution in [2.75, 3.05) is 39.8 Å². The van der Waals surface area contributed by atoms with Crippen molar-refractivity contribution in [1.82, 2.24) is 15.1 Å². The summed E-state index contributed by atoms with van der Waals surface area (Å²) in [5.74, 6) is -0.500. The number of anilines is 1. The number of methoxy groups -OCH3 is 1. The van der Waals surface area contributed by atoms with Crippen molar-refractivity contribution in [3.8, 4) is 5.75 Å². The molecule has 4 aliphatic heterocycles. The Morgan fingerprint density at radius 3 is 2.25 bits per heavy atom. The number of hydrogen-bond acceptors (Lipinski definition) is 13. The molecular formula is C54H83ClN4O12S2. The summed E-state index contributed by atoms with van der Waals surface area (Å²) in [6.07, 6.45) is 16.0. The molecule has 3 saturated heterocycles. The topological polar surface area (TPSA) is 216 Å². The molecule has 5 aliphatic rings. The predicted molar refractivity (Wildman–Crippen MR) is 293 cm³/mol. The molecule has 6 rings (SSSR count). The van der Waals surface area contributed by atoms with Crippen molar-refractivity contribution in [2.24, 2.45) is 17.3 Å². The predicted octanol–water partition coefficient (Wildman–Crippen LogP) is 8.76. The highest BCUT2D eigenvalue weighted by atomic mass is 35.5. The maximum Gasteiger partial charge on any atom is 0.409 e. The summed E-state index contributed by atoms with van der Waals surface area (Å²) >= 11 is 14.8. The third-order valence-electron chi connectivity index (χ3n) is 13.9. The second-order valence-electron chi connectivity index (χ2n) is 20.3. The Morgan fingerprint density at radius 2 is 1.73 bits per heavy atom. The van der Waals surface area contributed by atoms with E-state index in [-0.39, 0.29) is 66.6 Å². The van der Waals surface area contributed by atoms with E-state index in [0.29, 0.717) is 53.6 Å². The molecule has 5 amide bonds. The molecule has 8 atom stereocenters. The fourth-order valence-electron chi connectivity index (χ4n) is 8.85. The average Bonchev–Trinajstić information content (AvgIpc) is 3.97. The number of amides is 5. The number of fused-ring (bicyclic) bond motifs is 5. The Kier molecular flexibility index (Phi) is 26.3. The number of carboxylic acids is 1. The van der Waals surface area contributed by atoms with Crippen molar-refractivity contribution in [2.45, 2.75) is 166 Å². The number of aliphatic hydroxyl groups excluding tert-OH is 1. The number of thiol groups is 2. The fraction of sp³-hybridized carbons (Fsp3) is 0.630. The zero-order valence-electron chi connectivity index (χ0n) is 44.8. The first-order valence-electron chi connectivity index (χ1n) is 24.9. The van der Waals surface area contributed by atoms with Gasteiger partial charge in [0.15, 0.2) is 0 Å². The molecule has 19 heteroatoms. The number of likely N-dealkylation sites (tertiary alicyclic amines) is 1. The van der Waals surface area contributed by atoms with E-state index in [1.807, 2.05) is 57.2 Å². The van der Waals surface area contributed by atoms with Crippen LogP contribution in [0.2, 0.25) is 5.02 Å². The molecule has 0 spiro atoms. The number of carbonyl (C=O) groups excluding carboxylic acids is 5. The number of nitrogens with zero attached hydrogens (tertiary/aromatic N) is 3. The molecule has 410 valence electrons. The molecule has 73 heavy (non-hydrogen) atoms. The van der Waals surface area contributed by atoms with Crippen LogP contribution in [0.15, 0.2) is 61.2 Å². The molecule has 1 aromatic rings. The first-order chi connectivity index (χ1) is 34.1. The second-order valence-corrected chi connectivity index (χ2v) is 22.0. The normalized spacial score (nSPS) is 27.7. The van der Waals surface area contributed by atoms with Crippen LogP contribution in [0.3, 0.4) is 0 Å². The Bertz CT molecular complexity index is 2150. The number of epoxide rings is 1. The molecule has 5 unspecified atom stereocenters. The van der Waals surface area contributed by atoms with Gasteiger partial charge in [0.05, 0.1) is 29.8 Å². The molecular weight excluding hydrogens is 996 g/mol. The van der Waals surface area contributed by atoms with E-state index in [2.05, 4.69) is 57.6 Å². The third kappa shape index (κ3) is 19.7. The molecule has 4 N–H and O–H groups in total. The van der Waals surface area contributed by atoms with Crippen LogP contribution in [-0.2, 0) is 39.9 Å². The number of carbonyl (C=O) groups is 6. The maximum atomic E-state index is 13.2. The largest absolute Gasteiger partial charge is 0.495 e. The zero-order valence-corrected chi connectivity index (χ0v) is 47.4. The minimum Gasteiger partial charge on any atom is -0.495 e. The number of alkyl carbamates (subject to hydrolysis) is 1. The SMILES string of the molecule is C=CCC(S)C=C.CC1(C)CCC(CN2C(=O)CC(S)C2=O)CC1.CCC(=O)N(C)C(C)C(=O)O.CO.COc1cc2cc(c1Cl)N(C)C(=O)CCC1(C)O[C@H]1[C@H](C)C1C[C@](O)(C/C=C/C=C(\C)C2)NC(=O)O1. The summed E-state index contributed by atoms with van der Waals surface area (Å²) in [6, 6.07) is 3.05. The summed E-state index contributed by atoms with van der Waals surface area (Å²) in [5, 5.41) is 29.4. The highest BCUT2D eigenvalue weighted by Crippen LogP contribution is 2.48. The molecule has 4 heterocycles. The van der Waals surface area contributed by atoms with Crippen LogP contribution >= 0.6 is 36.9 Å². The van der Waals surface area contributed by atoms with Gasteiger partial charge in [0, 0.05) is 71.0 Å². The van der Waals surface area contributed by atoms with Crippen molar-refractivity contribution in [1.29, 1.82) is 0 Å². The second kappa shape index (κ2) is 29.7. The van der Waals surface area contributed by atoms with E-state index in [1.165, 1.54) is 36.6 Å². The van der Waals surface area contributed by atoms with Crippen LogP contribution in [0, 0.1) is 17.3 Å². The van der Waals surface area contributed by atoms with Crippen LogP contribution in [0.25, 0.3) is 0 Å². The number of carboxylic acid groups (broad SMARTS) is 1. The van der Waals surface area contributed by atoms with Crippen LogP contribution < -0.4 is 15.0 Å². The number of benzene rings is 1. The van der Waals surface area contributed by atoms with E-state index in [0.717, 1.165) is 37.5 Å². The molecule has 1 aromatic carbocycles. The number of ether oxygens (including phenoxy) is 3. The summed E-state index contributed by atoms with van der Waals surface area (Å²) in [7, 11) is 5.76. The van der Waals surface area contributed by atoms with E-state index < -0.39 is 40.8 Å². The first-order valence-corrected chi connectivity index (χ1v) is 26.3. The molecule has 4 bridgehead atoms. The van der Waals surface area contributed by atoms with Crippen molar-refractivity contribution >= 4 is 78.2 Å². The van der Waals surface area contributed by atoms with Crippen LogP contribution in [-0.4, -0.2) is 136 Å². The number of aliphatic carboxylic acids is 1. The van der Waals surface area contributed by atoms with Gasteiger partial charge in [0.1, 0.15) is 28.6 Å². The summed E-state index contributed by atoms with van der Waals surface area (Å²) < 4.78 is 17.0. The molecule has 4 fully saturated rings. The third-order valence-corrected chi connectivity index (χ3v) is 15.1. The highest BCUT2D eigenvalue weighted by Gasteiger charge is 2.58. The molecule has 16 nitrogen and oxygen atoms in total. The van der Waals surface area contributed by atoms with Gasteiger partial charge < -0.3 is 39.3 Å². The quantitative estimate of drug-likeness (QED) is 0.0593. The maximum absolute atomic E-state index is 13.2. The number of likely N-dealkylation sites (N-methyl/N-ethyl adjacent to an activating group) is 1. The number of hydrogen-bond donors (Lipinski definition) is 6. The van der Waals surface area contributed by atoms with Crippen molar-refractivity contribution in [3.63, 3.8) is 0 Å². The van der Waals surface area contributed by atoms with Gasteiger partial charge in [0.2, 0.25) is 23.6 Å². The lowest BCUT2D eigenvalue weighted by molar-refractivity contribution is -0.148. The lowest BCUT2D eigenvalue weighted by Crippen LogP contribution is -2.57. The number of allylic oxidation sites excluding steroid dienone is 4. The summed E-state index contributed by atoms with van der Waals surface area (Å²) in [6.45, 7) is 21.4. The minimum atomic E-state index is -1.40. The standard InChI is InChI=1S/C27H35ClN2O6.C13H21NO2S.C7H13NO3.C6H10S.CH4O/c1-16-8-6-7-10-27(33)15-21(35-25(32)29-27)17(2)24-26(3,36-24)11-9-22(31)30(4)19-13-18(12-16)14-20(34-5)23(19)28;1-13(2)5-3-9(4-6-13)8-14-11(15)7-10(17)12(14)16;1-4-6(9)8(3)5(2)7(10)11;1-3-5-6(7)4-2;1-2/h6-8,13-14,17,21,24,33H,9-12,15H2,1-5H3,(H,29,32);9-10,17H,3-8H2,1-2H3;5H,4H2,1-3H3,(H,10,11);3-4,6-7H,1-2,5H2;2H,1H3/b7-6+,16-8+;;;;/t17-,21?,24+,26?,27-;;;;/m1..../s1. The Morgan fingerprint density at radius 1 is 1.10 bits per heavy atom. The van der Waals surface area contributed by atoms with Gasteiger partial charge in [-0.3, -0.25) is 29.4 Å². The molecule has 1 aliphatic carbocycles. The number of nitrogens with one attached hydrogen (secondary N) is 1. The minimum absolute atomic E-state index is 0.0418. The van der Waals surface area contributed by atoms with Crippen molar-refractivity contribution < 1.29 is 58.3 Å². The number of halogens is 1. The Balaban J connectivity index is 0.000000405. The summed E-state index contributed by atoms with van der Waals surface area (Å²) in [5.41, 5.74) is 1.12. The van der Waals surface area contributed by atoms with Gasteiger partial charge in [-0.1, -0.05) is 75.2 Å².